The Labute approximate surface area is 232 Å². The van der Waals surface area contributed by atoms with Crippen LogP contribution in [0.1, 0.15) is 34.1 Å². The predicted molar refractivity (Wildman–Crippen MR) is 142 cm³/mol. The number of fused-ring (bicyclic) bond motifs is 2. The maximum absolute atomic E-state index is 14.5. The number of nitrogens with two attached hydrogens (primary N) is 1. The minimum atomic E-state index is -5.27. The Morgan fingerprint density at radius 3 is 2.56 bits per heavy atom. The molecule has 41 heavy (non-hydrogen) atoms. The van der Waals surface area contributed by atoms with Gasteiger partial charge in [0, 0.05) is 35.5 Å². The van der Waals surface area contributed by atoms with Crippen molar-refractivity contribution in [3.63, 3.8) is 0 Å². The number of aliphatic hydroxyl groups excluding tert-OH is 1. The fraction of sp³-hybridized carbons (Fsp3) is 0.321. The van der Waals surface area contributed by atoms with Crippen LogP contribution in [0.2, 0.25) is 0 Å². The predicted octanol–water partition coefficient (Wildman–Crippen LogP) is 2.55. The number of carbonyl (C=O) groups excluding carboxylic acids is 2. The second kappa shape index (κ2) is 10.1. The molecule has 1 aromatic heterocycles. The average Bonchev–Trinajstić information content (AvgIpc) is 3.40. The quantitative estimate of drug-likeness (QED) is 0.274. The van der Waals surface area contributed by atoms with Crippen LogP contribution in [0.25, 0.3) is 11.3 Å². The number of rotatable bonds is 7. The summed E-state index contributed by atoms with van der Waals surface area (Å²) in [5.74, 6) is -1.74. The van der Waals surface area contributed by atoms with Gasteiger partial charge in [-0.3, -0.25) is 9.59 Å². The van der Waals surface area contributed by atoms with Gasteiger partial charge in [-0.15, -0.1) is 0 Å². The first-order valence-electron chi connectivity index (χ1n) is 12.7. The molecule has 0 aliphatic carbocycles. The lowest BCUT2D eigenvalue weighted by Gasteiger charge is -2.31. The molecule has 0 saturated carbocycles. The van der Waals surface area contributed by atoms with Gasteiger partial charge in [0.05, 0.1) is 42.2 Å². The second-order valence-electron chi connectivity index (χ2n) is 10.4. The third-order valence-electron chi connectivity index (χ3n) is 7.38. The van der Waals surface area contributed by atoms with Gasteiger partial charge < -0.3 is 31.5 Å². The normalized spacial score (nSPS) is 19.4. The lowest BCUT2D eigenvalue weighted by molar-refractivity contribution is -0.265. The van der Waals surface area contributed by atoms with E-state index in [9.17, 15) is 37.4 Å². The van der Waals surface area contributed by atoms with Crippen molar-refractivity contribution in [1.29, 1.82) is 0 Å². The zero-order valence-electron chi connectivity index (χ0n) is 21.8. The van der Waals surface area contributed by atoms with Crippen molar-refractivity contribution in [2.75, 3.05) is 36.5 Å². The fourth-order valence-corrected chi connectivity index (χ4v) is 5.09. The number of hydrogen-bond donors (Lipinski definition) is 5. The Morgan fingerprint density at radius 2 is 1.90 bits per heavy atom. The lowest BCUT2D eigenvalue weighted by atomic mass is 9.89. The van der Waals surface area contributed by atoms with Crippen LogP contribution in [0.5, 0.6) is 0 Å². The van der Waals surface area contributed by atoms with Crippen LogP contribution in [0.3, 0.4) is 0 Å². The Hall–Kier alpha value is -4.07. The monoisotopic (exact) mass is 573 g/mol. The van der Waals surface area contributed by atoms with E-state index in [1.807, 2.05) is 0 Å². The summed E-state index contributed by atoms with van der Waals surface area (Å²) in [5.41, 5.74) is 2.77. The van der Waals surface area contributed by atoms with E-state index in [4.69, 9.17) is 5.73 Å². The number of aliphatic hydroxyl groups is 2. The molecule has 2 aliphatic rings. The van der Waals surface area contributed by atoms with Gasteiger partial charge in [0.1, 0.15) is 5.82 Å². The maximum Gasteiger partial charge on any atom is 0.424 e. The van der Waals surface area contributed by atoms with E-state index >= 15 is 0 Å². The molecule has 2 aromatic carbocycles. The zero-order valence-corrected chi connectivity index (χ0v) is 21.8. The van der Waals surface area contributed by atoms with E-state index in [0.29, 0.717) is 22.5 Å². The van der Waals surface area contributed by atoms with Gasteiger partial charge in [-0.1, -0.05) is 0 Å². The van der Waals surface area contributed by atoms with Crippen LogP contribution in [0.4, 0.5) is 28.9 Å². The van der Waals surface area contributed by atoms with Gasteiger partial charge in [-0.2, -0.15) is 13.2 Å². The van der Waals surface area contributed by atoms with Crippen LogP contribution in [-0.2, 0) is 22.4 Å². The first-order chi connectivity index (χ1) is 19.2. The first-order valence-corrected chi connectivity index (χ1v) is 12.7. The number of pyridine rings is 1. The Balaban J connectivity index is 1.49. The molecule has 0 unspecified atom stereocenters. The summed E-state index contributed by atoms with van der Waals surface area (Å²) in [6, 6.07) is 10.3. The number of carbonyl (C=O) groups is 2. The molecular formula is C28H27F4N5O4. The molecule has 0 saturated heterocycles. The molecule has 0 fully saturated rings. The number of aromatic nitrogens is 1. The number of benzene rings is 2. The topological polar surface area (TPSA) is 141 Å². The van der Waals surface area contributed by atoms with Crippen LogP contribution in [-0.4, -0.2) is 59.4 Å². The fourth-order valence-electron chi connectivity index (χ4n) is 5.09. The largest absolute Gasteiger partial charge is 0.424 e. The van der Waals surface area contributed by atoms with Gasteiger partial charge in [-0.05, 0) is 61.0 Å². The van der Waals surface area contributed by atoms with E-state index in [2.05, 4.69) is 15.6 Å². The molecule has 3 heterocycles. The summed E-state index contributed by atoms with van der Waals surface area (Å²) in [5, 5.41) is 25.5. The standard InChI is InChI=1S/C28H27F4N5O4/c1-26(33)13-34-24-19(26)12-21(36-23(24)15-2-5-18(29)6-3-15)27(41,28(30,31)32)14-35-25(40)16-4-7-20-17(10-16)11-22(39)37(20)8-9-38/h2-7,10,12,34,38,41H,8-9,11,13-14,33H2,1H3,(H,35,40)/t26-,27-/m1/s1. The van der Waals surface area contributed by atoms with Crippen LogP contribution in [0, 0.1) is 5.82 Å². The molecule has 2 amide bonds. The van der Waals surface area contributed by atoms with Gasteiger partial charge in [-0.25, -0.2) is 9.37 Å². The van der Waals surface area contributed by atoms with Crippen molar-refractivity contribution in [3.8, 4) is 11.3 Å². The second-order valence-corrected chi connectivity index (χ2v) is 10.4. The van der Waals surface area contributed by atoms with E-state index in [1.54, 1.807) is 6.92 Å². The lowest BCUT2D eigenvalue weighted by Crippen LogP contribution is -2.51. The van der Waals surface area contributed by atoms with Crippen LogP contribution >= 0.6 is 0 Å². The minimum Gasteiger partial charge on any atom is -0.395 e. The van der Waals surface area contributed by atoms with Crippen molar-refractivity contribution < 1.29 is 37.4 Å². The molecule has 2 atom stereocenters. The Kier molecular flexibility index (Phi) is 7.00. The highest BCUT2D eigenvalue weighted by Gasteiger charge is 2.57. The van der Waals surface area contributed by atoms with Crippen molar-refractivity contribution in [2.24, 2.45) is 5.73 Å². The van der Waals surface area contributed by atoms with Crippen molar-refractivity contribution in [2.45, 2.75) is 30.7 Å². The molecule has 0 radical (unpaired) electrons. The van der Waals surface area contributed by atoms with Crippen molar-refractivity contribution in [1.82, 2.24) is 10.3 Å². The number of hydrogen-bond acceptors (Lipinski definition) is 7. The summed E-state index contributed by atoms with van der Waals surface area (Å²) < 4.78 is 57.1. The Morgan fingerprint density at radius 1 is 1.20 bits per heavy atom. The summed E-state index contributed by atoms with van der Waals surface area (Å²) in [6.07, 6.45) is -5.30. The molecule has 0 bridgehead atoms. The molecule has 5 rings (SSSR count). The number of alkyl halides is 3. The average molecular weight is 574 g/mol. The molecule has 216 valence electrons. The summed E-state index contributed by atoms with van der Waals surface area (Å²) in [4.78, 5) is 30.7. The molecular weight excluding hydrogens is 546 g/mol. The third-order valence-corrected chi connectivity index (χ3v) is 7.38. The number of anilines is 2. The summed E-state index contributed by atoms with van der Waals surface area (Å²) in [7, 11) is 0. The minimum absolute atomic E-state index is 0.0143. The van der Waals surface area contributed by atoms with Crippen LogP contribution in [0.15, 0.2) is 48.5 Å². The van der Waals surface area contributed by atoms with E-state index in [1.165, 1.54) is 35.2 Å². The first kappa shape index (κ1) is 28.5. The van der Waals surface area contributed by atoms with Crippen LogP contribution < -0.4 is 21.3 Å². The number of amides is 2. The Bertz CT molecular complexity index is 1530. The highest BCUT2D eigenvalue weighted by Crippen LogP contribution is 2.45. The van der Waals surface area contributed by atoms with Gasteiger partial charge in [0.2, 0.25) is 11.5 Å². The van der Waals surface area contributed by atoms with Gasteiger partial charge >= 0.3 is 6.18 Å². The highest BCUT2D eigenvalue weighted by atomic mass is 19.4. The number of nitrogens with zero attached hydrogens (tertiary/aromatic N) is 2. The van der Waals surface area contributed by atoms with E-state index < -0.39 is 41.3 Å². The molecule has 2 aliphatic heterocycles. The smallest absolute Gasteiger partial charge is 0.395 e. The van der Waals surface area contributed by atoms with Gasteiger partial charge in [0.25, 0.3) is 5.91 Å². The van der Waals surface area contributed by atoms with E-state index in [-0.39, 0.29) is 48.8 Å². The third kappa shape index (κ3) is 5.00. The zero-order chi connectivity index (χ0) is 29.7. The van der Waals surface area contributed by atoms with Crippen molar-refractivity contribution >= 4 is 23.2 Å². The molecule has 6 N–H and O–H groups in total. The molecule has 0 spiro atoms. The van der Waals surface area contributed by atoms with Gasteiger partial charge in [0.15, 0.2) is 0 Å². The summed E-state index contributed by atoms with van der Waals surface area (Å²) in [6.45, 7) is 0.326. The SMILES string of the molecule is C[C@@]1(N)CNc2c1cc([C@](O)(CNC(=O)c1ccc3c(c1)CC(=O)N3CCO)C(F)(F)F)nc2-c1ccc(F)cc1. The number of halogens is 4. The summed E-state index contributed by atoms with van der Waals surface area (Å²) >= 11 is 0. The van der Waals surface area contributed by atoms with Crippen molar-refractivity contribution in [3.05, 3.63) is 76.7 Å². The molecule has 9 nitrogen and oxygen atoms in total. The highest BCUT2D eigenvalue weighted by molar-refractivity contribution is 6.03. The number of nitrogens with one attached hydrogen (secondary N) is 2. The van der Waals surface area contributed by atoms with E-state index in [0.717, 1.165) is 18.2 Å². The maximum atomic E-state index is 14.5. The number of β-amino-alcohol motifs (C(OH)–C–C–N with tert-alkyl or cyclic N) is 1. The molecule has 13 heteroatoms. The molecule has 3 aromatic rings.